The Morgan fingerprint density at radius 1 is 1.15 bits per heavy atom. The molecule has 1 aromatic carbocycles. The summed E-state index contributed by atoms with van der Waals surface area (Å²) < 4.78 is 29.9. The first-order chi connectivity index (χ1) is 12.4. The Labute approximate surface area is 153 Å². The Morgan fingerprint density at radius 2 is 1.81 bits per heavy atom. The molecule has 3 rings (SSSR count). The molecule has 9 heteroatoms. The number of amides is 2. The molecule has 0 aliphatic carbocycles. The average Bonchev–Trinajstić information content (AvgIpc) is 2.63. The number of carbonyl (C=O) groups excluding carboxylic acids is 2. The summed E-state index contributed by atoms with van der Waals surface area (Å²) >= 11 is 0. The number of piperazine rings is 1. The van der Waals surface area contributed by atoms with Crippen LogP contribution >= 0.6 is 0 Å². The van der Waals surface area contributed by atoms with Gasteiger partial charge in [-0.05, 0) is 5.56 Å². The summed E-state index contributed by atoms with van der Waals surface area (Å²) in [5.41, 5.74) is 0.947. The third-order valence-electron chi connectivity index (χ3n) is 4.70. The van der Waals surface area contributed by atoms with Crippen molar-refractivity contribution in [2.24, 2.45) is 0 Å². The van der Waals surface area contributed by atoms with Crippen molar-refractivity contribution in [2.75, 3.05) is 45.6 Å². The van der Waals surface area contributed by atoms with Crippen molar-refractivity contribution in [1.29, 1.82) is 0 Å². The third-order valence-corrected chi connectivity index (χ3v) is 6.00. The van der Waals surface area contributed by atoms with Crippen LogP contribution in [0.4, 0.5) is 0 Å². The zero-order valence-corrected chi connectivity index (χ0v) is 15.5. The van der Waals surface area contributed by atoms with Crippen LogP contribution in [0.1, 0.15) is 5.56 Å². The molecule has 0 saturated carbocycles. The number of benzene rings is 1. The molecule has 8 nitrogen and oxygen atoms in total. The summed E-state index contributed by atoms with van der Waals surface area (Å²) in [4.78, 5) is 28.4. The van der Waals surface area contributed by atoms with E-state index in [-0.39, 0.29) is 38.1 Å². The van der Waals surface area contributed by atoms with Gasteiger partial charge in [-0.15, -0.1) is 0 Å². The maximum atomic E-state index is 12.9. The maximum absolute atomic E-state index is 12.9. The van der Waals surface area contributed by atoms with Crippen molar-refractivity contribution >= 4 is 21.8 Å². The summed E-state index contributed by atoms with van der Waals surface area (Å²) in [5, 5.41) is 0. The number of rotatable bonds is 4. The van der Waals surface area contributed by atoms with Gasteiger partial charge in [-0.25, -0.2) is 8.42 Å². The van der Waals surface area contributed by atoms with E-state index in [0.717, 1.165) is 5.56 Å². The van der Waals surface area contributed by atoms with Gasteiger partial charge >= 0.3 is 0 Å². The van der Waals surface area contributed by atoms with Crippen LogP contribution in [0.5, 0.6) is 0 Å². The fraction of sp³-hybridized carbons (Fsp3) is 0.529. The smallest absolute Gasteiger partial charge is 0.249 e. The van der Waals surface area contributed by atoms with Crippen LogP contribution in [0, 0.1) is 0 Å². The second-order valence-electron chi connectivity index (χ2n) is 6.53. The highest BCUT2D eigenvalue weighted by molar-refractivity contribution is 7.88. The van der Waals surface area contributed by atoms with Crippen LogP contribution in [-0.4, -0.2) is 86.0 Å². The van der Waals surface area contributed by atoms with E-state index in [1.54, 1.807) is 9.80 Å². The highest BCUT2D eigenvalue weighted by Gasteiger charge is 2.38. The molecule has 2 amide bonds. The van der Waals surface area contributed by atoms with Gasteiger partial charge in [0.2, 0.25) is 21.8 Å². The largest absolute Gasteiger partial charge is 0.369 e. The van der Waals surface area contributed by atoms with E-state index < -0.39 is 16.1 Å². The number of morpholine rings is 1. The number of nitrogens with zero attached hydrogens (tertiary/aromatic N) is 3. The van der Waals surface area contributed by atoms with Gasteiger partial charge in [0, 0.05) is 32.7 Å². The van der Waals surface area contributed by atoms with Gasteiger partial charge in [-0.3, -0.25) is 9.59 Å². The molecular formula is C17H23N3O5S. The highest BCUT2D eigenvalue weighted by Crippen LogP contribution is 2.17. The van der Waals surface area contributed by atoms with Crippen molar-refractivity contribution in [3.05, 3.63) is 35.9 Å². The Bertz CT molecular complexity index is 760. The lowest BCUT2D eigenvalue weighted by Gasteiger charge is -2.40. The molecule has 1 atom stereocenters. The molecule has 2 heterocycles. The minimum absolute atomic E-state index is 0.0293. The number of hydrogen-bond donors (Lipinski definition) is 0. The van der Waals surface area contributed by atoms with E-state index in [1.165, 1.54) is 10.6 Å². The zero-order valence-electron chi connectivity index (χ0n) is 14.7. The van der Waals surface area contributed by atoms with Crippen molar-refractivity contribution in [3.63, 3.8) is 0 Å². The molecule has 0 radical (unpaired) electrons. The SMILES string of the molecule is CS(=O)(=O)N1CCN(C(=O)[C@H]2COCC(=O)N2Cc2ccccc2)CC1. The van der Waals surface area contributed by atoms with Crippen LogP contribution in [0.3, 0.4) is 0 Å². The summed E-state index contributed by atoms with van der Waals surface area (Å²) in [5.74, 6) is -0.407. The minimum atomic E-state index is -3.25. The second kappa shape index (κ2) is 7.73. The van der Waals surface area contributed by atoms with Crippen LogP contribution in [0.2, 0.25) is 0 Å². The van der Waals surface area contributed by atoms with E-state index >= 15 is 0 Å². The number of sulfonamides is 1. The van der Waals surface area contributed by atoms with E-state index in [4.69, 9.17) is 4.74 Å². The first-order valence-electron chi connectivity index (χ1n) is 8.51. The molecular weight excluding hydrogens is 358 g/mol. The molecule has 2 aliphatic heterocycles. The highest BCUT2D eigenvalue weighted by atomic mass is 32.2. The van der Waals surface area contributed by atoms with Gasteiger partial charge in [0.05, 0.1) is 12.9 Å². The molecule has 2 aliphatic rings. The fourth-order valence-electron chi connectivity index (χ4n) is 3.24. The lowest BCUT2D eigenvalue weighted by Crippen LogP contribution is -2.59. The van der Waals surface area contributed by atoms with E-state index in [1.807, 2.05) is 30.3 Å². The minimum Gasteiger partial charge on any atom is -0.369 e. The Morgan fingerprint density at radius 3 is 2.42 bits per heavy atom. The van der Waals surface area contributed by atoms with Crippen molar-refractivity contribution in [2.45, 2.75) is 12.6 Å². The van der Waals surface area contributed by atoms with E-state index in [9.17, 15) is 18.0 Å². The van der Waals surface area contributed by atoms with Crippen molar-refractivity contribution in [3.8, 4) is 0 Å². The molecule has 0 aromatic heterocycles. The molecule has 142 valence electrons. The second-order valence-corrected chi connectivity index (χ2v) is 8.51. The number of hydrogen-bond acceptors (Lipinski definition) is 5. The Hall–Kier alpha value is -1.97. The quantitative estimate of drug-likeness (QED) is 0.703. The van der Waals surface area contributed by atoms with E-state index in [0.29, 0.717) is 19.6 Å². The monoisotopic (exact) mass is 381 g/mol. The lowest BCUT2D eigenvalue weighted by molar-refractivity contribution is -0.160. The zero-order chi connectivity index (χ0) is 18.7. The summed E-state index contributed by atoms with van der Waals surface area (Å²) in [7, 11) is -3.25. The first-order valence-corrected chi connectivity index (χ1v) is 10.4. The molecule has 2 fully saturated rings. The number of ether oxygens (including phenoxy) is 1. The van der Waals surface area contributed by atoms with E-state index in [2.05, 4.69) is 0 Å². The molecule has 26 heavy (non-hydrogen) atoms. The van der Waals surface area contributed by atoms with Gasteiger partial charge in [0.25, 0.3) is 0 Å². The molecule has 0 spiro atoms. The van der Waals surface area contributed by atoms with Gasteiger partial charge in [0.15, 0.2) is 0 Å². The predicted molar refractivity (Wildman–Crippen MR) is 94.6 cm³/mol. The summed E-state index contributed by atoms with van der Waals surface area (Å²) in [6, 6.07) is 8.82. The first kappa shape index (κ1) is 18.8. The van der Waals surface area contributed by atoms with Crippen molar-refractivity contribution < 1.29 is 22.7 Å². The van der Waals surface area contributed by atoms with Gasteiger partial charge in [-0.1, -0.05) is 30.3 Å². The maximum Gasteiger partial charge on any atom is 0.249 e. The number of carbonyl (C=O) groups is 2. The topological polar surface area (TPSA) is 87.2 Å². The van der Waals surface area contributed by atoms with Crippen LogP contribution in [0.25, 0.3) is 0 Å². The standard InChI is InChI=1S/C17H23N3O5S/c1-26(23,24)19-9-7-18(8-10-19)17(22)15-12-25-13-16(21)20(15)11-14-5-3-2-4-6-14/h2-6,15H,7-13H2,1H3/t15-/m1/s1. The van der Waals surface area contributed by atoms with Crippen molar-refractivity contribution in [1.82, 2.24) is 14.1 Å². The summed E-state index contributed by atoms with van der Waals surface area (Å²) in [6.07, 6.45) is 1.17. The molecule has 0 N–H and O–H groups in total. The van der Waals surface area contributed by atoms with Crippen LogP contribution in [-0.2, 0) is 30.9 Å². The Kier molecular flexibility index (Phi) is 5.59. The molecule has 1 aromatic rings. The lowest BCUT2D eigenvalue weighted by atomic mass is 10.1. The molecule has 2 saturated heterocycles. The van der Waals surface area contributed by atoms with Gasteiger partial charge in [0.1, 0.15) is 12.6 Å². The normalized spacial score (nSPS) is 22.5. The summed E-state index contributed by atoms with van der Waals surface area (Å²) in [6.45, 7) is 1.64. The predicted octanol–water partition coefficient (Wildman–Crippen LogP) is -0.482. The van der Waals surface area contributed by atoms with Gasteiger partial charge in [-0.2, -0.15) is 4.31 Å². The average molecular weight is 381 g/mol. The van der Waals surface area contributed by atoms with Crippen LogP contribution in [0.15, 0.2) is 30.3 Å². The third kappa shape index (κ3) is 4.22. The molecule has 0 unspecified atom stereocenters. The van der Waals surface area contributed by atoms with Gasteiger partial charge < -0.3 is 14.5 Å². The fourth-order valence-corrected chi connectivity index (χ4v) is 4.07. The van der Waals surface area contributed by atoms with Crippen LogP contribution < -0.4 is 0 Å². The molecule has 0 bridgehead atoms. The Balaban J connectivity index is 1.69.